The highest BCUT2D eigenvalue weighted by Crippen LogP contribution is 2.49. The van der Waals surface area contributed by atoms with E-state index >= 15 is 0 Å². The number of unbranched alkanes of at least 4 members (excludes halogenated alkanes) is 2. The monoisotopic (exact) mass is 289 g/mol. The van der Waals surface area contributed by atoms with Crippen LogP contribution in [0.5, 0.6) is 11.5 Å². The molecule has 0 saturated heterocycles. The SMILES string of the molecule is CCCCCNC(=O)c1ccc2c(c1)OCC1(CC1)CO2. The molecule has 0 atom stereocenters. The van der Waals surface area contributed by atoms with Gasteiger partial charge in [-0.3, -0.25) is 4.79 Å². The van der Waals surface area contributed by atoms with Crippen LogP contribution < -0.4 is 14.8 Å². The van der Waals surface area contributed by atoms with Crippen LogP contribution in [0.1, 0.15) is 49.4 Å². The van der Waals surface area contributed by atoms with Gasteiger partial charge in [0.25, 0.3) is 5.91 Å². The molecule has 0 aromatic heterocycles. The molecule has 1 amide bonds. The van der Waals surface area contributed by atoms with Crippen LogP contribution >= 0.6 is 0 Å². The first-order valence-electron chi connectivity index (χ1n) is 7.90. The molecule has 1 aromatic rings. The average molecular weight is 289 g/mol. The van der Waals surface area contributed by atoms with Gasteiger partial charge in [-0.15, -0.1) is 0 Å². The Hall–Kier alpha value is -1.71. The molecule has 4 heteroatoms. The number of benzene rings is 1. The Morgan fingerprint density at radius 1 is 1.19 bits per heavy atom. The molecule has 4 nitrogen and oxygen atoms in total. The number of hydrogen-bond acceptors (Lipinski definition) is 3. The van der Waals surface area contributed by atoms with E-state index in [-0.39, 0.29) is 11.3 Å². The van der Waals surface area contributed by atoms with Crippen molar-refractivity contribution in [2.75, 3.05) is 19.8 Å². The topological polar surface area (TPSA) is 47.6 Å². The first kappa shape index (κ1) is 14.2. The van der Waals surface area contributed by atoms with Crippen molar-refractivity contribution in [3.63, 3.8) is 0 Å². The molecule has 2 aliphatic rings. The van der Waals surface area contributed by atoms with Gasteiger partial charge in [-0.25, -0.2) is 0 Å². The fourth-order valence-electron chi connectivity index (χ4n) is 2.53. The predicted molar refractivity (Wildman–Crippen MR) is 81.0 cm³/mol. The molecule has 1 heterocycles. The van der Waals surface area contributed by atoms with Gasteiger partial charge in [-0.2, -0.15) is 0 Å². The number of rotatable bonds is 5. The highest BCUT2D eigenvalue weighted by Gasteiger charge is 2.46. The summed E-state index contributed by atoms with van der Waals surface area (Å²) in [5.41, 5.74) is 0.863. The Morgan fingerprint density at radius 2 is 1.95 bits per heavy atom. The van der Waals surface area contributed by atoms with Crippen LogP contribution in [0.4, 0.5) is 0 Å². The normalized spacial score (nSPS) is 18.1. The zero-order chi connectivity index (χ0) is 14.7. The summed E-state index contributed by atoms with van der Waals surface area (Å²) in [6, 6.07) is 5.45. The lowest BCUT2D eigenvalue weighted by molar-refractivity contribution is 0.0952. The van der Waals surface area contributed by atoms with Crippen LogP contribution in [0.3, 0.4) is 0 Å². The number of carbonyl (C=O) groups is 1. The van der Waals surface area contributed by atoms with Crippen LogP contribution in [-0.4, -0.2) is 25.7 Å². The molecule has 0 bridgehead atoms. The maximum atomic E-state index is 12.1. The molecule has 1 aliphatic heterocycles. The molecule has 1 N–H and O–H groups in total. The standard InChI is InChI=1S/C17H23NO3/c1-2-3-4-9-18-16(19)13-5-6-14-15(10-13)21-12-17(7-8-17)11-20-14/h5-6,10H,2-4,7-9,11-12H2,1H3,(H,18,19). The third-order valence-electron chi connectivity index (χ3n) is 4.30. The Labute approximate surface area is 125 Å². The zero-order valence-electron chi connectivity index (χ0n) is 12.6. The quantitative estimate of drug-likeness (QED) is 0.847. The van der Waals surface area contributed by atoms with Crippen molar-refractivity contribution in [3.8, 4) is 11.5 Å². The molecular formula is C17H23NO3. The maximum Gasteiger partial charge on any atom is 0.251 e. The lowest BCUT2D eigenvalue weighted by atomic mass is 10.1. The number of nitrogens with one attached hydrogen (secondary N) is 1. The van der Waals surface area contributed by atoms with E-state index in [0.29, 0.717) is 17.9 Å². The first-order valence-corrected chi connectivity index (χ1v) is 7.90. The van der Waals surface area contributed by atoms with Gasteiger partial charge >= 0.3 is 0 Å². The Bertz CT molecular complexity index is 523. The van der Waals surface area contributed by atoms with E-state index < -0.39 is 0 Å². The maximum absolute atomic E-state index is 12.1. The Morgan fingerprint density at radius 3 is 2.67 bits per heavy atom. The smallest absolute Gasteiger partial charge is 0.251 e. The Kier molecular flexibility index (Phi) is 4.04. The van der Waals surface area contributed by atoms with Crippen LogP contribution in [0, 0.1) is 5.41 Å². The molecule has 21 heavy (non-hydrogen) atoms. The Balaban J connectivity index is 1.62. The summed E-state index contributed by atoms with van der Waals surface area (Å²) in [5, 5.41) is 2.95. The van der Waals surface area contributed by atoms with E-state index in [2.05, 4.69) is 12.2 Å². The van der Waals surface area contributed by atoms with Gasteiger partial charge in [-0.1, -0.05) is 19.8 Å². The summed E-state index contributed by atoms with van der Waals surface area (Å²) in [4.78, 5) is 12.1. The van der Waals surface area contributed by atoms with E-state index in [4.69, 9.17) is 9.47 Å². The molecule has 1 saturated carbocycles. The van der Waals surface area contributed by atoms with Crippen molar-refractivity contribution in [2.24, 2.45) is 5.41 Å². The lowest BCUT2D eigenvalue weighted by Crippen LogP contribution is -2.24. The predicted octanol–water partition coefficient (Wildman–Crippen LogP) is 3.16. The number of carbonyl (C=O) groups excluding carboxylic acids is 1. The van der Waals surface area contributed by atoms with Crippen molar-refractivity contribution < 1.29 is 14.3 Å². The number of ether oxygens (including phenoxy) is 2. The number of hydrogen-bond donors (Lipinski definition) is 1. The molecular weight excluding hydrogens is 266 g/mol. The third-order valence-corrected chi connectivity index (χ3v) is 4.30. The van der Waals surface area contributed by atoms with Gasteiger partial charge in [0.05, 0.1) is 13.2 Å². The van der Waals surface area contributed by atoms with Gasteiger partial charge in [0.2, 0.25) is 0 Å². The molecule has 0 unspecified atom stereocenters. The minimum absolute atomic E-state index is 0.0390. The summed E-state index contributed by atoms with van der Waals surface area (Å²) in [6.45, 7) is 4.30. The largest absolute Gasteiger partial charge is 0.489 e. The first-order chi connectivity index (χ1) is 10.2. The van der Waals surface area contributed by atoms with Crippen molar-refractivity contribution in [2.45, 2.75) is 39.0 Å². The minimum atomic E-state index is -0.0390. The van der Waals surface area contributed by atoms with E-state index in [0.717, 1.165) is 38.2 Å². The second kappa shape index (κ2) is 5.96. The molecule has 0 radical (unpaired) electrons. The summed E-state index contributed by atoms with van der Waals surface area (Å²) >= 11 is 0. The van der Waals surface area contributed by atoms with Crippen LogP contribution in [0.25, 0.3) is 0 Å². The zero-order valence-corrected chi connectivity index (χ0v) is 12.6. The molecule has 1 aliphatic carbocycles. The summed E-state index contributed by atoms with van der Waals surface area (Å²) < 4.78 is 11.7. The average Bonchev–Trinajstić information content (AvgIpc) is 3.30. The van der Waals surface area contributed by atoms with Gasteiger partial charge in [-0.05, 0) is 37.5 Å². The van der Waals surface area contributed by atoms with Crippen LogP contribution in [0.15, 0.2) is 18.2 Å². The lowest BCUT2D eigenvalue weighted by Gasteiger charge is -2.09. The molecule has 114 valence electrons. The van der Waals surface area contributed by atoms with Crippen molar-refractivity contribution >= 4 is 5.91 Å². The van der Waals surface area contributed by atoms with Crippen LogP contribution in [-0.2, 0) is 0 Å². The molecule has 1 aromatic carbocycles. The van der Waals surface area contributed by atoms with Gasteiger partial charge < -0.3 is 14.8 Å². The summed E-state index contributed by atoms with van der Waals surface area (Å²) in [6.07, 6.45) is 5.66. The van der Waals surface area contributed by atoms with Gasteiger partial charge in [0.15, 0.2) is 11.5 Å². The van der Waals surface area contributed by atoms with E-state index in [1.807, 2.05) is 12.1 Å². The molecule has 3 rings (SSSR count). The highest BCUT2D eigenvalue weighted by atomic mass is 16.5. The van der Waals surface area contributed by atoms with Crippen LogP contribution in [0.2, 0.25) is 0 Å². The summed E-state index contributed by atoms with van der Waals surface area (Å²) in [7, 11) is 0. The van der Waals surface area contributed by atoms with Gasteiger partial charge in [0.1, 0.15) is 0 Å². The number of fused-ring (bicyclic) bond motifs is 1. The van der Waals surface area contributed by atoms with Crippen molar-refractivity contribution in [1.82, 2.24) is 5.32 Å². The number of amides is 1. The molecule has 1 spiro atoms. The minimum Gasteiger partial charge on any atom is -0.489 e. The second-order valence-electron chi connectivity index (χ2n) is 6.20. The van der Waals surface area contributed by atoms with Gasteiger partial charge in [0, 0.05) is 17.5 Å². The van der Waals surface area contributed by atoms with E-state index in [9.17, 15) is 4.79 Å². The fraction of sp³-hybridized carbons (Fsp3) is 0.588. The molecule has 1 fully saturated rings. The second-order valence-corrected chi connectivity index (χ2v) is 6.20. The van der Waals surface area contributed by atoms with Crippen molar-refractivity contribution in [3.05, 3.63) is 23.8 Å². The van der Waals surface area contributed by atoms with E-state index in [1.54, 1.807) is 6.07 Å². The van der Waals surface area contributed by atoms with Crippen molar-refractivity contribution in [1.29, 1.82) is 0 Å². The van der Waals surface area contributed by atoms with E-state index in [1.165, 1.54) is 12.8 Å². The third kappa shape index (κ3) is 3.31. The fourth-order valence-corrected chi connectivity index (χ4v) is 2.53. The summed E-state index contributed by atoms with van der Waals surface area (Å²) in [5.74, 6) is 1.41. The highest BCUT2D eigenvalue weighted by molar-refractivity contribution is 5.94.